The van der Waals surface area contributed by atoms with E-state index in [2.05, 4.69) is 41.9 Å². The molecule has 7 heteroatoms. The van der Waals surface area contributed by atoms with Gasteiger partial charge in [0.15, 0.2) is 9.84 Å². The predicted octanol–water partition coefficient (Wildman–Crippen LogP) is 2.87. The van der Waals surface area contributed by atoms with Gasteiger partial charge in [-0.3, -0.25) is 0 Å². The molecule has 2 rings (SSSR count). The van der Waals surface area contributed by atoms with Gasteiger partial charge in [-0.1, -0.05) is 34.1 Å². The number of hydrogen-bond donors (Lipinski definition) is 2. The van der Waals surface area contributed by atoms with Gasteiger partial charge in [0.2, 0.25) is 0 Å². The summed E-state index contributed by atoms with van der Waals surface area (Å²) in [5, 5.41) is 14.9. The fraction of sp³-hybridized carbons (Fsp3) is 0.188. The maximum atomic E-state index is 11.4. The summed E-state index contributed by atoms with van der Waals surface area (Å²) in [5.41, 5.74) is 4.51. The third-order valence-electron chi connectivity index (χ3n) is 3.24. The average molecular weight is 397 g/mol. The Hall–Kier alpha value is -1.60. The number of sulfone groups is 1. The number of aliphatic hydroxyl groups is 1. The third kappa shape index (κ3) is 5.51. The molecule has 122 valence electrons. The summed E-state index contributed by atoms with van der Waals surface area (Å²) in [6.45, 7) is 4.13. The van der Waals surface area contributed by atoms with E-state index in [9.17, 15) is 8.42 Å². The Kier molecular flexibility index (Phi) is 7.03. The molecular formula is C16H18BBrO4S. The van der Waals surface area contributed by atoms with Crippen LogP contribution in [0.1, 0.15) is 11.1 Å². The SMILES string of the molecule is Cc1cc(Br)c(-c2ccc(S(C)(=O)=O)cc2)cc1C.OB=CO. The van der Waals surface area contributed by atoms with E-state index in [-0.39, 0.29) is 0 Å². The summed E-state index contributed by atoms with van der Waals surface area (Å²) in [4.78, 5) is 0.344. The van der Waals surface area contributed by atoms with Gasteiger partial charge >= 0.3 is 23.4 Å². The van der Waals surface area contributed by atoms with Crippen LogP contribution in [-0.4, -0.2) is 38.1 Å². The second kappa shape index (κ2) is 8.31. The number of halogens is 1. The molecule has 0 bridgehead atoms. The Labute approximate surface area is 145 Å². The first-order valence-corrected chi connectivity index (χ1v) is 9.39. The van der Waals surface area contributed by atoms with Crippen molar-refractivity contribution in [3.63, 3.8) is 0 Å². The normalized spacial score (nSPS) is 10.8. The van der Waals surface area contributed by atoms with Crippen LogP contribution in [0.25, 0.3) is 11.1 Å². The molecule has 0 radical (unpaired) electrons. The molecule has 0 fully saturated rings. The Bertz CT molecular complexity index is 796. The van der Waals surface area contributed by atoms with Crippen LogP contribution >= 0.6 is 15.9 Å². The zero-order valence-electron chi connectivity index (χ0n) is 13.1. The van der Waals surface area contributed by atoms with Crippen molar-refractivity contribution in [1.82, 2.24) is 0 Å². The van der Waals surface area contributed by atoms with E-state index in [1.807, 2.05) is 12.1 Å². The van der Waals surface area contributed by atoms with Crippen LogP contribution in [0.4, 0.5) is 0 Å². The van der Waals surface area contributed by atoms with Gasteiger partial charge in [0.05, 0.1) is 4.90 Å². The van der Waals surface area contributed by atoms with E-state index in [0.29, 0.717) is 18.2 Å². The molecule has 2 aromatic carbocycles. The summed E-state index contributed by atoms with van der Waals surface area (Å²) < 4.78 is 23.9. The first-order valence-electron chi connectivity index (χ1n) is 6.71. The molecule has 0 atom stereocenters. The second-order valence-corrected chi connectivity index (χ2v) is 7.88. The topological polar surface area (TPSA) is 74.6 Å². The van der Waals surface area contributed by atoms with Crippen LogP contribution in [0.5, 0.6) is 0 Å². The number of rotatable bonds is 2. The second-order valence-electron chi connectivity index (χ2n) is 5.01. The van der Waals surface area contributed by atoms with Crippen LogP contribution < -0.4 is 0 Å². The molecule has 2 N–H and O–H groups in total. The molecule has 0 aliphatic heterocycles. The van der Waals surface area contributed by atoms with Crippen LogP contribution in [-0.2, 0) is 9.84 Å². The molecule has 23 heavy (non-hydrogen) atoms. The molecule has 0 spiro atoms. The van der Waals surface area contributed by atoms with Gasteiger partial charge < -0.3 is 0 Å². The fourth-order valence-electron chi connectivity index (χ4n) is 1.88. The van der Waals surface area contributed by atoms with Crippen molar-refractivity contribution in [3.05, 3.63) is 52.0 Å². The van der Waals surface area contributed by atoms with Crippen LogP contribution in [0.15, 0.2) is 45.8 Å². The summed E-state index contributed by atoms with van der Waals surface area (Å²) in [7, 11) is -2.58. The van der Waals surface area contributed by atoms with Crippen molar-refractivity contribution >= 4 is 39.0 Å². The van der Waals surface area contributed by atoms with Crippen molar-refractivity contribution in [2.24, 2.45) is 0 Å². The summed E-state index contributed by atoms with van der Waals surface area (Å²) in [6, 6.07) is 11.2. The van der Waals surface area contributed by atoms with Gasteiger partial charge in [-0.05, 0) is 54.3 Å². The van der Waals surface area contributed by atoms with Crippen molar-refractivity contribution in [1.29, 1.82) is 0 Å². The monoisotopic (exact) mass is 396 g/mol. The standard InChI is InChI=1S/C15H15BrO2S.CH3BO2/c1-10-8-14(15(16)9-11(10)2)12-4-6-13(7-5-12)19(3,17)18;3-1-2-4/h4-9H,1-3H3;1,3-4H. The molecule has 0 saturated heterocycles. The van der Waals surface area contributed by atoms with Crippen molar-refractivity contribution < 1.29 is 18.5 Å². The van der Waals surface area contributed by atoms with Gasteiger partial charge in [-0.25, -0.2) is 8.42 Å². The van der Waals surface area contributed by atoms with E-state index in [0.717, 1.165) is 15.6 Å². The van der Waals surface area contributed by atoms with Crippen LogP contribution in [0, 0.1) is 13.8 Å². The quantitative estimate of drug-likeness (QED) is 0.765. The Morgan fingerprint density at radius 1 is 1.09 bits per heavy atom. The number of aryl methyl sites for hydroxylation is 2. The zero-order chi connectivity index (χ0) is 17.6. The van der Waals surface area contributed by atoms with Gasteiger partial charge in [-0.15, -0.1) is 0 Å². The van der Waals surface area contributed by atoms with Gasteiger partial charge in [-0.2, -0.15) is 0 Å². The molecule has 0 unspecified atom stereocenters. The summed E-state index contributed by atoms with van der Waals surface area (Å²) in [6.07, 6.45) is 1.77. The van der Waals surface area contributed by atoms with E-state index in [1.165, 1.54) is 17.4 Å². The Morgan fingerprint density at radius 3 is 2.00 bits per heavy atom. The first kappa shape index (κ1) is 19.5. The van der Waals surface area contributed by atoms with E-state index in [4.69, 9.17) is 10.1 Å². The summed E-state index contributed by atoms with van der Waals surface area (Å²) in [5.74, 6) is 0. The van der Waals surface area contributed by atoms with Gasteiger partial charge in [0, 0.05) is 10.7 Å². The maximum absolute atomic E-state index is 11.4. The molecule has 0 amide bonds. The van der Waals surface area contributed by atoms with E-state index >= 15 is 0 Å². The molecular weight excluding hydrogens is 379 g/mol. The molecule has 2 aromatic rings. The van der Waals surface area contributed by atoms with Crippen molar-refractivity contribution in [3.8, 4) is 11.1 Å². The fourth-order valence-corrected chi connectivity index (χ4v) is 3.20. The third-order valence-corrected chi connectivity index (χ3v) is 5.03. The average Bonchev–Trinajstić information content (AvgIpc) is 2.50. The van der Waals surface area contributed by atoms with Crippen LogP contribution in [0.3, 0.4) is 0 Å². The van der Waals surface area contributed by atoms with Gasteiger partial charge in [0.25, 0.3) is 0 Å². The van der Waals surface area contributed by atoms with Crippen molar-refractivity contribution in [2.75, 3.05) is 6.26 Å². The molecule has 0 aliphatic carbocycles. The van der Waals surface area contributed by atoms with Gasteiger partial charge in [0.1, 0.15) is 0 Å². The van der Waals surface area contributed by atoms with E-state index < -0.39 is 9.84 Å². The molecule has 4 nitrogen and oxygen atoms in total. The number of hydrogen-bond acceptors (Lipinski definition) is 4. The molecule has 0 aromatic heterocycles. The summed E-state index contributed by atoms with van der Waals surface area (Å²) >= 11 is 3.56. The predicted molar refractivity (Wildman–Crippen MR) is 98.1 cm³/mol. The molecule has 0 heterocycles. The number of aliphatic hydroxyl groups excluding tert-OH is 1. The van der Waals surface area contributed by atoms with Crippen molar-refractivity contribution in [2.45, 2.75) is 18.7 Å². The first-order chi connectivity index (χ1) is 10.7. The molecule has 0 saturated carbocycles. The molecule has 0 aliphatic rings. The zero-order valence-corrected chi connectivity index (χ0v) is 15.5. The minimum absolute atomic E-state index is 0.344. The number of benzene rings is 2. The van der Waals surface area contributed by atoms with Crippen LogP contribution in [0.2, 0.25) is 0 Å². The minimum atomic E-state index is -3.14. The van der Waals surface area contributed by atoms with E-state index in [1.54, 1.807) is 12.1 Å². The Morgan fingerprint density at radius 2 is 1.57 bits per heavy atom. The Balaban J connectivity index is 0.000000593.